The fraction of sp³-hybridized carbons (Fsp3) is 0.333. The molecule has 3 heterocycles. The van der Waals surface area contributed by atoms with Crippen molar-refractivity contribution in [2.24, 2.45) is 7.05 Å². The summed E-state index contributed by atoms with van der Waals surface area (Å²) in [5.74, 6) is 0. The number of fused-ring (bicyclic) bond motifs is 1. The molecule has 0 bridgehead atoms. The number of sulfonamides is 1. The first-order valence-corrected chi connectivity index (χ1v) is 12.5. The normalized spacial score (nSPS) is 15.9. The maximum atomic E-state index is 12.8. The van der Waals surface area contributed by atoms with Crippen LogP contribution in [-0.2, 0) is 28.4 Å². The van der Waals surface area contributed by atoms with Crippen LogP contribution in [-0.4, -0.2) is 61.0 Å². The number of pyridine rings is 1. The molecule has 1 aliphatic heterocycles. The Kier molecular flexibility index (Phi) is 5.98. The minimum atomic E-state index is -3.16. The monoisotopic (exact) mass is 460 g/mol. The van der Waals surface area contributed by atoms with Crippen LogP contribution < -0.4 is 10.9 Å². The van der Waals surface area contributed by atoms with Crippen molar-refractivity contribution in [2.45, 2.75) is 6.54 Å². The Morgan fingerprint density at radius 2 is 1.90 bits per heavy atom. The number of nitrogens with zero attached hydrogens (tertiary/aromatic N) is 3. The fourth-order valence-electron chi connectivity index (χ4n) is 3.87. The lowest BCUT2D eigenvalue weighted by atomic mass is 10.1. The molecule has 0 aliphatic carbocycles. The third kappa shape index (κ3) is 4.57. The molecule has 10 heteroatoms. The summed E-state index contributed by atoms with van der Waals surface area (Å²) in [5.41, 5.74) is 2.49. The van der Waals surface area contributed by atoms with E-state index >= 15 is 0 Å². The molecular weight excluding hydrogens is 436 g/mol. The lowest BCUT2D eigenvalue weighted by Gasteiger charge is -2.32. The standard InChI is InChI=1S/C21H24N4O4S2/c1-23-13-19(15-4-3-5-16(10-15)22-14-26)20-18(21(23)27)11-17(30-20)12-24-6-8-25(9-7-24)31(2,28)29/h3-5,10-11,13-14H,6-9,12H2,1-2H3,(H,22,26). The van der Waals surface area contributed by atoms with Gasteiger partial charge in [0.05, 0.1) is 11.6 Å². The highest BCUT2D eigenvalue weighted by atomic mass is 32.2. The van der Waals surface area contributed by atoms with Crippen molar-refractivity contribution in [1.29, 1.82) is 0 Å². The van der Waals surface area contributed by atoms with Crippen molar-refractivity contribution < 1.29 is 13.2 Å². The predicted octanol–water partition coefficient (Wildman–Crippen LogP) is 1.91. The number of rotatable bonds is 6. The molecule has 0 spiro atoms. The topological polar surface area (TPSA) is 91.7 Å². The SMILES string of the molecule is Cn1cc(-c2cccc(NC=O)c2)c2sc(CN3CCN(S(C)(=O)=O)CC3)cc2c1=O. The van der Waals surface area contributed by atoms with Crippen LogP contribution in [0, 0.1) is 0 Å². The van der Waals surface area contributed by atoms with E-state index in [0.29, 0.717) is 50.2 Å². The van der Waals surface area contributed by atoms with Crippen molar-refractivity contribution in [3.63, 3.8) is 0 Å². The average Bonchev–Trinajstić information content (AvgIpc) is 3.15. The number of thiophene rings is 1. The highest BCUT2D eigenvalue weighted by molar-refractivity contribution is 7.88. The van der Waals surface area contributed by atoms with E-state index in [-0.39, 0.29) is 5.56 Å². The van der Waals surface area contributed by atoms with Crippen LogP contribution in [0.15, 0.2) is 41.3 Å². The number of amides is 1. The number of carbonyl (C=O) groups is 1. The van der Waals surface area contributed by atoms with Gasteiger partial charge in [-0.25, -0.2) is 8.42 Å². The molecule has 1 aromatic carbocycles. The Morgan fingerprint density at radius 1 is 1.16 bits per heavy atom. The lowest BCUT2D eigenvalue weighted by molar-refractivity contribution is -0.105. The zero-order valence-electron chi connectivity index (χ0n) is 17.4. The molecular formula is C21H24N4O4S2. The molecule has 0 atom stereocenters. The Morgan fingerprint density at radius 3 is 2.58 bits per heavy atom. The second-order valence-electron chi connectivity index (χ2n) is 7.70. The number of aromatic nitrogens is 1. The first-order valence-electron chi connectivity index (χ1n) is 9.86. The molecule has 164 valence electrons. The van der Waals surface area contributed by atoms with Gasteiger partial charge >= 0.3 is 0 Å². The molecule has 1 fully saturated rings. The molecule has 0 saturated carbocycles. The molecule has 2 aromatic heterocycles. The molecule has 3 aromatic rings. The lowest BCUT2D eigenvalue weighted by Crippen LogP contribution is -2.47. The van der Waals surface area contributed by atoms with Crippen LogP contribution in [0.1, 0.15) is 4.88 Å². The number of aryl methyl sites for hydroxylation is 1. The fourth-order valence-corrected chi connectivity index (χ4v) is 5.92. The van der Waals surface area contributed by atoms with Gasteiger partial charge in [-0.15, -0.1) is 11.3 Å². The Balaban J connectivity index is 1.65. The van der Waals surface area contributed by atoms with Crippen LogP contribution in [0.25, 0.3) is 21.2 Å². The molecule has 0 radical (unpaired) electrons. The number of benzene rings is 1. The van der Waals surface area contributed by atoms with E-state index in [1.807, 2.05) is 36.5 Å². The second-order valence-corrected chi connectivity index (χ2v) is 10.8. The minimum Gasteiger partial charge on any atom is -0.329 e. The van der Waals surface area contributed by atoms with Gasteiger partial charge in [-0.1, -0.05) is 12.1 Å². The molecule has 1 aliphatic rings. The number of carbonyl (C=O) groups excluding carboxylic acids is 1. The summed E-state index contributed by atoms with van der Waals surface area (Å²) in [4.78, 5) is 26.8. The van der Waals surface area contributed by atoms with Gasteiger partial charge in [-0.2, -0.15) is 4.31 Å². The molecule has 4 rings (SSSR count). The van der Waals surface area contributed by atoms with Gasteiger partial charge in [0.2, 0.25) is 16.4 Å². The first kappa shape index (κ1) is 21.7. The van der Waals surface area contributed by atoms with E-state index in [1.54, 1.807) is 23.0 Å². The van der Waals surface area contributed by atoms with Crippen LogP contribution in [0.5, 0.6) is 0 Å². The molecule has 0 unspecified atom stereocenters. The van der Waals surface area contributed by atoms with Crippen LogP contribution in [0.2, 0.25) is 0 Å². The van der Waals surface area contributed by atoms with Crippen molar-refractivity contribution in [2.75, 3.05) is 37.8 Å². The third-order valence-corrected chi connectivity index (χ3v) is 7.94. The number of hydrogen-bond donors (Lipinski definition) is 1. The van der Waals surface area contributed by atoms with Gasteiger partial charge < -0.3 is 9.88 Å². The summed E-state index contributed by atoms with van der Waals surface area (Å²) in [5, 5.41) is 3.34. The number of nitrogens with one attached hydrogen (secondary N) is 1. The maximum absolute atomic E-state index is 12.8. The smallest absolute Gasteiger partial charge is 0.259 e. The zero-order chi connectivity index (χ0) is 22.2. The second kappa shape index (κ2) is 8.54. The van der Waals surface area contributed by atoms with Gasteiger partial charge in [-0.05, 0) is 23.8 Å². The largest absolute Gasteiger partial charge is 0.329 e. The van der Waals surface area contributed by atoms with E-state index in [2.05, 4.69) is 10.2 Å². The van der Waals surface area contributed by atoms with Gasteiger partial charge in [0.1, 0.15) is 0 Å². The van der Waals surface area contributed by atoms with Crippen molar-refractivity contribution >= 4 is 43.5 Å². The molecule has 31 heavy (non-hydrogen) atoms. The van der Waals surface area contributed by atoms with Gasteiger partial charge in [0.15, 0.2) is 0 Å². The minimum absolute atomic E-state index is 0.0506. The molecule has 1 saturated heterocycles. The highest BCUT2D eigenvalue weighted by Gasteiger charge is 2.24. The van der Waals surface area contributed by atoms with E-state index < -0.39 is 10.0 Å². The quantitative estimate of drug-likeness (QED) is 0.568. The molecule has 1 amide bonds. The van der Waals surface area contributed by atoms with E-state index in [9.17, 15) is 18.0 Å². The average molecular weight is 461 g/mol. The van der Waals surface area contributed by atoms with Gasteiger partial charge in [0, 0.05) is 66.8 Å². The van der Waals surface area contributed by atoms with Crippen molar-refractivity contribution in [3.05, 3.63) is 51.8 Å². The number of piperazine rings is 1. The van der Waals surface area contributed by atoms with E-state index in [0.717, 1.165) is 20.7 Å². The Bertz CT molecular complexity index is 1290. The first-order chi connectivity index (χ1) is 14.8. The van der Waals surface area contributed by atoms with Crippen molar-refractivity contribution in [1.82, 2.24) is 13.8 Å². The third-order valence-electron chi connectivity index (χ3n) is 5.48. The number of anilines is 1. The Hall–Kier alpha value is -2.53. The number of hydrogen-bond acceptors (Lipinski definition) is 6. The molecule has 1 N–H and O–H groups in total. The molecule has 8 nitrogen and oxygen atoms in total. The van der Waals surface area contributed by atoms with Gasteiger partial charge in [0.25, 0.3) is 5.56 Å². The maximum Gasteiger partial charge on any atom is 0.259 e. The Labute approximate surface area is 184 Å². The summed E-state index contributed by atoms with van der Waals surface area (Å²) in [6.07, 6.45) is 3.71. The zero-order valence-corrected chi connectivity index (χ0v) is 19.0. The van der Waals surface area contributed by atoms with Crippen LogP contribution >= 0.6 is 11.3 Å². The summed E-state index contributed by atoms with van der Waals surface area (Å²) in [6.45, 7) is 2.95. The van der Waals surface area contributed by atoms with E-state index in [1.165, 1.54) is 10.6 Å². The van der Waals surface area contributed by atoms with Crippen LogP contribution in [0.3, 0.4) is 0 Å². The predicted molar refractivity (Wildman–Crippen MR) is 124 cm³/mol. The summed E-state index contributed by atoms with van der Waals surface area (Å²) < 4.78 is 27.4. The summed E-state index contributed by atoms with van der Waals surface area (Å²) in [7, 11) is -1.42. The highest BCUT2D eigenvalue weighted by Crippen LogP contribution is 2.34. The van der Waals surface area contributed by atoms with Gasteiger partial charge in [-0.3, -0.25) is 14.5 Å². The summed E-state index contributed by atoms with van der Waals surface area (Å²) in [6, 6.07) is 9.47. The summed E-state index contributed by atoms with van der Waals surface area (Å²) >= 11 is 1.58. The van der Waals surface area contributed by atoms with Crippen molar-refractivity contribution in [3.8, 4) is 11.1 Å². The van der Waals surface area contributed by atoms with Crippen LogP contribution in [0.4, 0.5) is 5.69 Å². The van der Waals surface area contributed by atoms with E-state index in [4.69, 9.17) is 0 Å².